The third-order valence-electron chi connectivity index (χ3n) is 2.31. The van der Waals surface area contributed by atoms with Gasteiger partial charge in [0.1, 0.15) is 0 Å². The molecule has 0 saturated carbocycles. The molecular weight excluding hydrogens is 196 g/mol. The molecule has 0 spiro atoms. The monoisotopic (exact) mass is 212 g/mol. The van der Waals surface area contributed by atoms with Gasteiger partial charge in [0.25, 0.3) is 0 Å². The van der Waals surface area contributed by atoms with Crippen LogP contribution in [0.3, 0.4) is 0 Å². The molecule has 0 saturated heterocycles. The molecule has 1 rings (SSSR count). The second kappa shape index (κ2) is 5.81. The van der Waals surface area contributed by atoms with Crippen LogP contribution >= 0.6 is 11.3 Å². The van der Waals surface area contributed by atoms with Gasteiger partial charge in [0, 0.05) is 4.88 Å². The van der Waals surface area contributed by atoms with Crippen molar-refractivity contribution in [3.8, 4) is 0 Å². The highest BCUT2D eigenvalue weighted by Gasteiger charge is 2.09. The van der Waals surface area contributed by atoms with Crippen LogP contribution in [0.2, 0.25) is 0 Å². The molecule has 0 aliphatic rings. The summed E-state index contributed by atoms with van der Waals surface area (Å²) in [4.78, 5) is 11.9. The number of carboxylic acid groups (broad SMARTS) is 1. The van der Waals surface area contributed by atoms with E-state index >= 15 is 0 Å². The van der Waals surface area contributed by atoms with Gasteiger partial charge in [0.15, 0.2) is 0 Å². The quantitative estimate of drug-likeness (QED) is 0.735. The van der Waals surface area contributed by atoms with Gasteiger partial charge < -0.3 is 5.11 Å². The van der Waals surface area contributed by atoms with Crippen LogP contribution in [0.25, 0.3) is 0 Å². The zero-order valence-electron chi connectivity index (χ0n) is 8.40. The summed E-state index contributed by atoms with van der Waals surface area (Å²) < 4.78 is 0. The van der Waals surface area contributed by atoms with Gasteiger partial charge in [0.05, 0.1) is 5.92 Å². The Morgan fingerprint density at radius 3 is 2.93 bits per heavy atom. The lowest BCUT2D eigenvalue weighted by Gasteiger charge is -2.04. The van der Waals surface area contributed by atoms with E-state index in [4.69, 9.17) is 5.11 Å². The average Bonchev–Trinajstić information content (AvgIpc) is 2.64. The van der Waals surface area contributed by atoms with Crippen molar-refractivity contribution in [2.75, 3.05) is 0 Å². The molecule has 0 aliphatic carbocycles. The number of rotatable bonds is 6. The summed E-state index contributed by atoms with van der Waals surface area (Å²) in [5.41, 5.74) is 0. The normalized spacial score (nSPS) is 12.6. The number of carboxylic acids is 1. The van der Waals surface area contributed by atoms with Crippen molar-refractivity contribution in [2.24, 2.45) is 5.92 Å². The molecule has 0 fully saturated rings. The van der Waals surface area contributed by atoms with E-state index in [2.05, 4.69) is 17.5 Å². The van der Waals surface area contributed by atoms with Crippen LogP contribution < -0.4 is 0 Å². The molecular formula is C11H16O2S. The van der Waals surface area contributed by atoms with Gasteiger partial charge in [-0.2, -0.15) is 0 Å². The zero-order chi connectivity index (χ0) is 10.4. The molecule has 0 radical (unpaired) electrons. The van der Waals surface area contributed by atoms with Gasteiger partial charge in [-0.1, -0.05) is 19.4 Å². The van der Waals surface area contributed by atoms with Crippen LogP contribution in [0.5, 0.6) is 0 Å². The van der Waals surface area contributed by atoms with E-state index in [1.165, 1.54) is 4.88 Å². The minimum absolute atomic E-state index is 0.196. The average molecular weight is 212 g/mol. The maximum Gasteiger partial charge on any atom is 0.306 e. The van der Waals surface area contributed by atoms with E-state index in [0.717, 1.165) is 25.7 Å². The Morgan fingerprint density at radius 2 is 2.36 bits per heavy atom. The van der Waals surface area contributed by atoms with Gasteiger partial charge >= 0.3 is 5.97 Å². The Balaban J connectivity index is 2.08. The molecule has 1 heterocycles. The maximum absolute atomic E-state index is 10.5. The number of hydrogen-bond acceptors (Lipinski definition) is 2. The zero-order valence-corrected chi connectivity index (χ0v) is 9.22. The third kappa shape index (κ3) is 3.92. The Hall–Kier alpha value is -0.830. The van der Waals surface area contributed by atoms with Crippen LogP contribution in [0, 0.1) is 5.92 Å². The van der Waals surface area contributed by atoms with Gasteiger partial charge in [0.2, 0.25) is 0 Å². The molecule has 1 aromatic heterocycles. The first-order chi connectivity index (χ1) is 6.70. The van der Waals surface area contributed by atoms with Crippen molar-refractivity contribution in [3.05, 3.63) is 22.4 Å². The van der Waals surface area contributed by atoms with E-state index in [1.54, 1.807) is 18.3 Å². The summed E-state index contributed by atoms with van der Waals surface area (Å²) in [6.45, 7) is 1.77. The van der Waals surface area contributed by atoms with Gasteiger partial charge in [-0.15, -0.1) is 11.3 Å². The van der Waals surface area contributed by atoms with Crippen molar-refractivity contribution in [1.82, 2.24) is 0 Å². The van der Waals surface area contributed by atoms with Crippen molar-refractivity contribution in [1.29, 1.82) is 0 Å². The minimum atomic E-state index is -0.680. The van der Waals surface area contributed by atoms with Crippen molar-refractivity contribution >= 4 is 17.3 Å². The summed E-state index contributed by atoms with van der Waals surface area (Å²) in [5, 5.41) is 10.7. The van der Waals surface area contributed by atoms with Crippen LogP contribution in [-0.2, 0) is 11.2 Å². The lowest BCUT2D eigenvalue weighted by atomic mass is 10.0. The standard InChI is InChI=1S/C11H16O2S/c1-9(11(12)13)5-2-3-6-10-7-4-8-14-10/h4,7-9H,2-3,5-6H2,1H3,(H,12,13). The fraction of sp³-hybridized carbons (Fsp3) is 0.545. The van der Waals surface area contributed by atoms with Crippen molar-refractivity contribution < 1.29 is 9.90 Å². The van der Waals surface area contributed by atoms with E-state index < -0.39 is 5.97 Å². The highest BCUT2D eigenvalue weighted by atomic mass is 32.1. The summed E-state index contributed by atoms with van der Waals surface area (Å²) in [6.07, 6.45) is 3.98. The summed E-state index contributed by atoms with van der Waals surface area (Å²) >= 11 is 1.77. The maximum atomic E-state index is 10.5. The summed E-state index contributed by atoms with van der Waals surface area (Å²) in [7, 11) is 0. The first-order valence-electron chi connectivity index (χ1n) is 4.95. The molecule has 1 unspecified atom stereocenters. The fourth-order valence-electron chi connectivity index (χ4n) is 1.33. The van der Waals surface area contributed by atoms with E-state index in [0.29, 0.717) is 0 Å². The Labute approximate surface area is 88.6 Å². The van der Waals surface area contributed by atoms with Crippen LogP contribution in [0.1, 0.15) is 31.1 Å². The number of aliphatic carboxylic acids is 1. The summed E-state index contributed by atoms with van der Waals surface area (Å²) in [6, 6.07) is 4.19. The van der Waals surface area contributed by atoms with Crippen molar-refractivity contribution in [3.63, 3.8) is 0 Å². The highest BCUT2D eigenvalue weighted by Crippen LogP contribution is 2.14. The Kier molecular flexibility index (Phi) is 4.66. The molecule has 1 aromatic rings. The molecule has 3 heteroatoms. The number of aryl methyl sites for hydroxylation is 1. The first kappa shape index (κ1) is 11.2. The SMILES string of the molecule is CC(CCCCc1cccs1)C(=O)O. The number of thiophene rings is 1. The molecule has 14 heavy (non-hydrogen) atoms. The van der Waals surface area contributed by atoms with Crippen LogP contribution in [-0.4, -0.2) is 11.1 Å². The van der Waals surface area contributed by atoms with Crippen molar-refractivity contribution in [2.45, 2.75) is 32.6 Å². The van der Waals surface area contributed by atoms with E-state index in [1.807, 2.05) is 0 Å². The molecule has 0 bridgehead atoms. The van der Waals surface area contributed by atoms with Crippen LogP contribution in [0.4, 0.5) is 0 Å². The lowest BCUT2D eigenvalue weighted by Crippen LogP contribution is -2.08. The predicted octanol–water partition coefficient (Wildman–Crippen LogP) is 3.18. The topological polar surface area (TPSA) is 37.3 Å². The van der Waals surface area contributed by atoms with Crippen LogP contribution in [0.15, 0.2) is 17.5 Å². The predicted molar refractivity (Wildman–Crippen MR) is 58.7 cm³/mol. The van der Waals surface area contributed by atoms with E-state index in [9.17, 15) is 4.79 Å². The Morgan fingerprint density at radius 1 is 1.57 bits per heavy atom. The largest absolute Gasteiger partial charge is 0.481 e. The lowest BCUT2D eigenvalue weighted by molar-refractivity contribution is -0.141. The van der Waals surface area contributed by atoms with Gasteiger partial charge in [-0.3, -0.25) is 4.79 Å². The number of unbranched alkanes of at least 4 members (excludes halogenated alkanes) is 1. The van der Waals surface area contributed by atoms with Gasteiger partial charge in [-0.25, -0.2) is 0 Å². The number of carbonyl (C=O) groups is 1. The highest BCUT2D eigenvalue weighted by molar-refractivity contribution is 7.09. The second-order valence-electron chi connectivity index (χ2n) is 3.56. The minimum Gasteiger partial charge on any atom is -0.481 e. The Bertz CT molecular complexity index is 267. The number of hydrogen-bond donors (Lipinski definition) is 1. The molecule has 0 aliphatic heterocycles. The molecule has 0 aromatic carbocycles. The second-order valence-corrected chi connectivity index (χ2v) is 4.60. The smallest absolute Gasteiger partial charge is 0.306 e. The van der Waals surface area contributed by atoms with E-state index in [-0.39, 0.29) is 5.92 Å². The molecule has 1 atom stereocenters. The molecule has 0 amide bonds. The molecule has 78 valence electrons. The third-order valence-corrected chi connectivity index (χ3v) is 3.25. The van der Waals surface area contributed by atoms with Gasteiger partial charge in [-0.05, 0) is 30.7 Å². The molecule has 2 nitrogen and oxygen atoms in total. The first-order valence-corrected chi connectivity index (χ1v) is 5.83. The molecule has 1 N–H and O–H groups in total. The summed E-state index contributed by atoms with van der Waals surface area (Å²) in [5.74, 6) is -0.876. The fourth-order valence-corrected chi connectivity index (χ4v) is 2.08.